The predicted molar refractivity (Wildman–Crippen MR) is 80.2 cm³/mol. The molecule has 19 heavy (non-hydrogen) atoms. The Morgan fingerprint density at radius 1 is 1.16 bits per heavy atom. The zero-order valence-electron chi connectivity index (χ0n) is 12.7. The second kappa shape index (κ2) is 7.32. The predicted octanol–water partition coefficient (Wildman–Crippen LogP) is 4.76. The number of carbonyl (C=O) groups excluding carboxylic acids is 1. The summed E-state index contributed by atoms with van der Waals surface area (Å²) in [6.07, 6.45) is 5.59. The molecule has 0 aliphatic rings. The average Bonchev–Trinajstić information content (AvgIpc) is 2.37. The van der Waals surface area contributed by atoms with E-state index in [0.717, 1.165) is 18.3 Å². The molecule has 0 atom stereocenters. The fraction of sp³-hybridized carbons (Fsp3) is 0.588. The van der Waals surface area contributed by atoms with Gasteiger partial charge in [0.1, 0.15) is 5.75 Å². The van der Waals surface area contributed by atoms with Crippen LogP contribution in [0, 0.1) is 0 Å². The van der Waals surface area contributed by atoms with Gasteiger partial charge < -0.3 is 4.74 Å². The molecule has 2 heteroatoms. The van der Waals surface area contributed by atoms with Crippen LogP contribution >= 0.6 is 0 Å². The number of aldehydes is 1. The molecule has 2 nitrogen and oxygen atoms in total. The molecule has 0 aliphatic heterocycles. The molecule has 0 bridgehead atoms. The fourth-order valence-electron chi connectivity index (χ4n) is 1.95. The summed E-state index contributed by atoms with van der Waals surface area (Å²) in [6.45, 7) is 9.30. The molecule has 0 saturated carbocycles. The minimum Gasteiger partial charge on any atom is -0.493 e. The van der Waals surface area contributed by atoms with Crippen LogP contribution in [0.25, 0.3) is 0 Å². The van der Waals surface area contributed by atoms with Crippen LogP contribution in [0.3, 0.4) is 0 Å². The van der Waals surface area contributed by atoms with E-state index in [4.69, 9.17) is 4.74 Å². The van der Waals surface area contributed by atoms with E-state index in [-0.39, 0.29) is 5.41 Å². The van der Waals surface area contributed by atoms with Crippen LogP contribution in [0.2, 0.25) is 0 Å². The van der Waals surface area contributed by atoms with Crippen molar-refractivity contribution in [3.63, 3.8) is 0 Å². The zero-order valence-corrected chi connectivity index (χ0v) is 12.7. The summed E-state index contributed by atoms with van der Waals surface area (Å²) in [7, 11) is 0. The van der Waals surface area contributed by atoms with Gasteiger partial charge in [0, 0.05) is 0 Å². The highest BCUT2D eigenvalue weighted by Gasteiger charge is 2.15. The van der Waals surface area contributed by atoms with Crippen molar-refractivity contribution >= 4 is 6.29 Å². The molecule has 0 aromatic heterocycles. The van der Waals surface area contributed by atoms with Gasteiger partial charge >= 0.3 is 0 Å². The monoisotopic (exact) mass is 262 g/mol. The van der Waals surface area contributed by atoms with Gasteiger partial charge in [-0.3, -0.25) is 4.79 Å². The van der Waals surface area contributed by atoms with Gasteiger partial charge in [-0.1, -0.05) is 53.0 Å². The standard InChI is InChI=1S/C17H26O2/c1-5-6-7-8-11-19-16-10-9-15(17(2,3)4)12-14(16)13-18/h9-10,12-13H,5-8,11H2,1-4H3. The van der Waals surface area contributed by atoms with Gasteiger partial charge in [0.15, 0.2) is 6.29 Å². The first-order valence-electron chi connectivity index (χ1n) is 7.21. The van der Waals surface area contributed by atoms with Crippen LogP contribution in [0.5, 0.6) is 5.75 Å². The van der Waals surface area contributed by atoms with Crippen molar-refractivity contribution in [1.29, 1.82) is 0 Å². The van der Waals surface area contributed by atoms with Gasteiger partial charge in [-0.2, -0.15) is 0 Å². The molecule has 0 aliphatic carbocycles. The van der Waals surface area contributed by atoms with Crippen molar-refractivity contribution in [3.8, 4) is 5.75 Å². The summed E-state index contributed by atoms with van der Waals surface area (Å²) in [6, 6.07) is 5.91. The van der Waals surface area contributed by atoms with Crippen molar-refractivity contribution in [2.24, 2.45) is 0 Å². The lowest BCUT2D eigenvalue weighted by molar-refractivity contribution is 0.111. The van der Waals surface area contributed by atoms with E-state index in [2.05, 4.69) is 27.7 Å². The average molecular weight is 262 g/mol. The molecule has 0 fully saturated rings. The van der Waals surface area contributed by atoms with E-state index in [1.807, 2.05) is 18.2 Å². The highest BCUT2D eigenvalue weighted by molar-refractivity contribution is 5.79. The highest BCUT2D eigenvalue weighted by Crippen LogP contribution is 2.27. The van der Waals surface area contributed by atoms with Crippen molar-refractivity contribution in [2.45, 2.75) is 58.8 Å². The summed E-state index contributed by atoms with van der Waals surface area (Å²) in [5.74, 6) is 0.708. The Bertz CT molecular complexity index is 402. The van der Waals surface area contributed by atoms with Crippen LogP contribution in [0.1, 0.15) is 69.3 Å². The van der Waals surface area contributed by atoms with E-state index in [1.165, 1.54) is 19.3 Å². The Morgan fingerprint density at radius 2 is 1.89 bits per heavy atom. The smallest absolute Gasteiger partial charge is 0.153 e. The van der Waals surface area contributed by atoms with E-state index in [0.29, 0.717) is 17.9 Å². The Morgan fingerprint density at radius 3 is 2.47 bits per heavy atom. The van der Waals surface area contributed by atoms with Crippen molar-refractivity contribution in [2.75, 3.05) is 6.61 Å². The molecule has 1 aromatic carbocycles. The minimum absolute atomic E-state index is 0.0530. The summed E-state index contributed by atoms with van der Waals surface area (Å²) >= 11 is 0. The lowest BCUT2D eigenvalue weighted by Crippen LogP contribution is -2.12. The van der Waals surface area contributed by atoms with Gasteiger partial charge in [0.05, 0.1) is 12.2 Å². The molecular formula is C17H26O2. The Balaban J connectivity index is 2.66. The van der Waals surface area contributed by atoms with E-state index in [9.17, 15) is 4.79 Å². The number of carbonyl (C=O) groups is 1. The largest absolute Gasteiger partial charge is 0.493 e. The first kappa shape index (κ1) is 15.7. The molecule has 0 spiro atoms. The summed E-state index contributed by atoms with van der Waals surface area (Å²) < 4.78 is 5.71. The highest BCUT2D eigenvalue weighted by atomic mass is 16.5. The number of benzene rings is 1. The fourth-order valence-corrected chi connectivity index (χ4v) is 1.95. The number of ether oxygens (including phenoxy) is 1. The SMILES string of the molecule is CCCCCCOc1ccc(C(C)(C)C)cc1C=O. The summed E-state index contributed by atoms with van der Waals surface area (Å²) in [4.78, 5) is 11.2. The second-order valence-corrected chi connectivity index (χ2v) is 6.03. The third kappa shape index (κ3) is 5.06. The molecule has 0 unspecified atom stereocenters. The Kier molecular flexibility index (Phi) is 6.07. The molecule has 0 amide bonds. The first-order chi connectivity index (χ1) is 8.99. The van der Waals surface area contributed by atoms with Gasteiger partial charge in [0.2, 0.25) is 0 Å². The second-order valence-electron chi connectivity index (χ2n) is 6.03. The summed E-state index contributed by atoms with van der Waals surface area (Å²) in [5, 5.41) is 0. The lowest BCUT2D eigenvalue weighted by atomic mass is 9.86. The van der Waals surface area contributed by atoms with Crippen LogP contribution in [0.15, 0.2) is 18.2 Å². The number of hydrogen-bond donors (Lipinski definition) is 0. The zero-order chi connectivity index (χ0) is 14.3. The van der Waals surface area contributed by atoms with Crippen molar-refractivity contribution < 1.29 is 9.53 Å². The minimum atomic E-state index is 0.0530. The normalized spacial score (nSPS) is 11.4. The maximum Gasteiger partial charge on any atom is 0.153 e. The van der Waals surface area contributed by atoms with Crippen LogP contribution in [-0.2, 0) is 5.41 Å². The van der Waals surface area contributed by atoms with Gasteiger partial charge in [-0.25, -0.2) is 0 Å². The molecule has 1 aromatic rings. The molecule has 0 N–H and O–H groups in total. The maximum atomic E-state index is 11.2. The third-order valence-electron chi connectivity index (χ3n) is 3.26. The van der Waals surface area contributed by atoms with Crippen LogP contribution < -0.4 is 4.74 Å². The van der Waals surface area contributed by atoms with E-state index in [1.54, 1.807) is 0 Å². The van der Waals surface area contributed by atoms with Crippen molar-refractivity contribution in [1.82, 2.24) is 0 Å². The van der Waals surface area contributed by atoms with E-state index < -0.39 is 0 Å². The lowest BCUT2D eigenvalue weighted by Gasteiger charge is -2.20. The molecule has 1 rings (SSSR count). The topological polar surface area (TPSA) is 26.3 Å². The summed E-state index contributed by atoms with van der Waals surface area (Å²) in [5.41, 5.74) is 1.87. The Labute approximate surface area is 117 Å². The maximum absolute atomic E-state index is 11.2. The first-order valence-corrected chi connectivity index (χ1v) is 7.21. The molecule has 106 valence electrons. The number of unbranched alkanes of at least 4 members (excludes halogenated alkanes) is 3. The molecule has 0 radical (unpaired) electrons. The van der Waals surface area contributed by atoms with E-state index >= 15 is 0 Å². The number of hydrogen-bond acceptors (Lipinski definition) is 2. The Hall–Kier alpha value is -1.31. The van der Waals surface area contributed by atoms with Gasteiger partial charge in [-0.15, -0.1) is 0 Å². The van der Waals surface area contributed by atoms with Crippen molar-refractivity contribution in [3.05, 3.63) is 29.3 Å². The van der Waals surface area contributed by atoms with Gasteiger partial charge in [0.25, 0.3) is 0 Å². The molecular weight excluding hydrogens is 236 g/mol. The van der Waals surface area contributed by atoms with Gasteiger partial charge in [-0.05, 0) is 29.5 Å². The quantitative estimate of drug-likeness (QED) is 0.523. The van der Waals surface area contributed by atoms with Crippen LogP contribution in [-0.4, -0.2) is 12.9 Å². The molecule has 0 saturated heterocycles. The molecule has 0 heterocycles. The number of rotatable bonds is 7. The van der Waals surface area contributed by atoms with Crippen LogP contribution in [0.4, 0.5) is 0 Å². The third-order valence-corrected chi connectivity index (χ3v) is 3.26.